The summed E-state index contributed by atoms with van der Waals surface area (Å²) >= 11 is 12.4. The number of ether oxygens (including phenoxy) is 2. The number of rotatable bonds is 16. The number of aliphatic hydroxyl groups is 1. The summed E-state index contributed by atoms with van der Waals surface area (Å²) < 4.78 is 12.3. The van der Waals surface area contributed by atoms with Crippen molar-refractivity contribution in [1.29, 1.82) is 0 Å². The second-order valence-electron chi connectivity index (χ2n) is 11.3. The number of hydrogen-bond acceptors (Lipinski definition) is 7. The van der Waals surface area contributed by atoms with Crippen LogP contribution in [0.2, 0.25) is 10.0 Å². The minimum Gasteiger partial charge on any atom is -0.494 e. The van der Waals surface area contributed by atoms with Crippen molar-refractivity contribution < 1.29 is 19.4 Å². The maximum absolute atomic E-state index is 14.5. The van der Waals surface area contributed by atoms with Gasteiger partial charge in [0.2, 0.25) is 5.90 Å². The van der Waals surface area contributed by atoms with Crippen molar-refractivity contribution in [2.45, 2.75) is 37.5 Å². The molecule has 49 heavy (non-hydrogen) atoms. The molecule has 0 aliphatic carbocycles. The van der Waals surface area contributed by atoms with E-state index in [0.29, 0.717) is 58.5 Å². The van der Waals surface area contributed by atoms with Gasteiger partial charge in [-0.25, -0.2) is 10.4 Å². The molecule has 0 spiro atoms. The van der Waals surface area contributed by atoms with Crippen molar-refractivity contribution in [2.24, 2.45) is 10.1 Å². The molecular formula is C37H36Cl2N6O4. The summed E-state index contributed by atoms with van der Waals surface area (Å²) in [5, 5.41) is 14.0. The second kappa shape index (κ2) is 17.5. The molecule has 10 nitrogen and oxygen atoms in total. The van der Waals surface area contributed by atoms with Gasteiger partial charge in [0.05, 0.1) is 13.2 Å². The number of carbonyl (C=O) groups excluding carboxylic acids is 1. The molecule has 5 rings (SSSR count). The van der Waals surface area contributed by atoms with Crippen molar-refractivity contribution >= 4 is 41.1 Å². The number of carbonyl (C=O) groups is 1. The minimum atomic E-state index is -1.46. The molecule has 2 atom stereocenters. The Balaban J connectivity index is 1.50. The highest BCUT2D eigenvalue weighted by atomic mass is 35.5. The molecule has 0 saturated heterocycles. The normalized spacial score (nSPS) is 16.9. The first-order valence-electron chi connectivity index (χ1n) is 15.8. The van der Waals surface area contributed by atoms with Crippen LogP contribution in [0, 0.1) is 0 Å². The van der Waals surface area contributed by atoms with Crippen LogP contribution in [0.25, 0.3) is 16.5 Å². The monoisotopic (exact) mass is 698 g/mol. The van der Waals surface area contributed by atoms with Crippen molar-refractivity contribution in [3.63, 3.8) is 0 Å². The van der Waals surface area contributed by atoms with E-state index in [1.807, 2.05) is 84.9 Å². The summed E-state index contributed by atoms with van der Waals surface area (Å²) in [6.45, 7) is 0.874. The van der Waals surface area contributed by atoms with Gasteiger partial charge >= 0.3 is 0 Å². The van der Waals surface area contributed by atoms with E-state index in [1.54, 1.807) is 24.3 Å². The Labute approximate surface area is 295 Å². The number of nitrogens with zero attached hydrogens (tertiary/aromatic N) is 4. The first-order chi connectivity index (χ1) is 23.9. The maximum Gasteiger partial charge on any atom is 0.266 e. The Kier molecular flexibility index (Phi) is 12.7. The zero-order valence-corrected chi connectivity index (χ0v) is 28.1. The van der Waals surface area contributed by atoms with Crippen LogP contribution < -0.4 is 15.6 Å². The Morgan fingerprint density at radius 3 is 2.57 bits per heavy atom. The average molecular weight is 700 g/mol. The van der Waals surface area contributed by atoms with Crippen molar-refractivity contribution in [2.75, 3.05) is 19.8 Å². The van der Waals surface area contributed by atoms with Gasteiger partial charge in [0.25, 0.3) is 5.91 Å². The number of amides is 1. The predicted octanol–water partition coefficient (Wildman–Crippen LogP) is 7.79. The third-order valence-electron chi connectivity index (χ3n) is 7.95. The van der Waals surface area contributed by atoms with Crippen LogP contribution in [-0.4, -0.2) is 42.2 Å². The number of aliphatic imine (C=N–C) groups is 1. The van der Waals surface area contributed by atoms with Gasteiger partial charge in [0.15, 0.2) is 11.6 Å². The van der Waals surface area contributed by atoms with Crippen LogP contribution >= 0.6 is 23.2 Å². The molecule has 12 heteroatoms. The molecule has 4 aromatic carbocycles. The van der Waals surface area contributed by atoms with Crippen LogP contribution in [0.15, 0.2) is 113 Å². The largest absolute Gasteiger partial charge is 0.494 e. The zero-order chi connectivity index (χ0) is 34.5. The van der Waals surface area contributed by atoms with E-state index < -0.39 is 17.6 Å². The summed E-state index contributed by atoms with van der Waals surface area (Å²) in [7, 11) is 0. The van der Waals surface area contributed by atoms with E-state index in [9.17, 15) is 4.79 Å². The summed E-state index contributed by atoms with van der Waals surface area (Å²) in [4.78, 5) is 22.5. The highest BCUT2D eigenvalue weighted by Gasteiger charge is 2.53. The molecule has 0 fully saturated rings. The quantitative estimate of drug-likeness (QED) is 0.0360. The number of azide groups is 1. The number of nitrogens with one attached hydrogen (secondary N) is 2. The number of aliphatic hydroxyl groups excluding tert-OH is 1. The summed E-state index contributed by atoms with van der Waals surface area (Å²) in [5.74, 6) is 0.503. The molecule has 1 aliphatic rings. The summed E-state index contributed by atoms with van der Waals surface area (Å²) in [6, 6.07) is 29.7. The third kappa shape index (κ3) is 9.20. The first kappa shape index (κ1) is 35.5. The molecule has 1 amide bonds. The molecule has 4 aromatic rings. The fraction of sp³-hybridized carbons (Fsp3) is 0.243. The van der Waals surface area contributed by atoms with Crippen molar-refractivity contribution in [3.8, 4) is 5.75 Å². The Morgan fingerprint density at radius 1 is 1.04 bits per heavy atom. The SMILES string of the molecule is [N-]=[N+]=NCc1ccccc1[C@@H]1OC(c2ccc(OCCCO)cc2)=N[C@]1(C/C=C/c1ccccc1)C(=O)NNCCc1ccc(Cl)cc1Cl. The van der Waals surface area contributed by atoms with E-state index in [4.69, 9.17) is 48.3 Å². The van der Waals surface area contributed by atoms with E-state index in [-0.39, 0.29) is 25.5 Å². The highest BCUT2D eigenvalue weighted by Crippen LogP contribution is 2.44. The molecule has 0 radical (unpaired) electrons. The van der Waals surface area contributed by atoms with Gasteiger partial charge in [0, 0.05) is 46.5 Å². The topological polar surface area (TPSA) is 141 Å². The van der Waals surface area contributed by atoms with E-state index in [2.05, 4.69) is 20.9 Å². The smallest absolute Gasteiger partial charge is 0.266 e. The van der Waals surface area contributed by atoms with Gasteiger partial charge in [-0.2, -0.15) is 0 Å². The lowest BCUT2D eigenvalue weighted by Gasteiger charge is -2.31. The fourth-order valence-electron chi connectivity index (χ4n) is 5.45. The van der Waals surface area contributed by atoms with Crippen LogP contribution in [0.5, 0.6) is 5.75 Å². The lowest BCUT2D eigenvalue weighted by atomic mass is 9.82. The van der Waals surface area contributed by atoms with Crippen LogP contribution in [-0.2, 0) is 22.5 Å². The molecule has 0 bridgehead atoms. The van der Waals surface area contributed by atoms with Crippen LogP contribution in [0.1, 0.15) is 46.8 Å². The average Bonchev–Trinajstić information content (AvgIpc) is 3.51. The zero-order valence-electron chi connectivity index (χ0n) is 26.6. The second-order valence-corrected chi connectivity index (χ2v) is 12.1. The molecule has 3 N–H and O–H groups in total. The Morgan fingerprint density at radius 2 is 1.82 bits per heavy atom. The molecule has 1 heterocycles. The summed E-state index contributed by atoms with van der Waals surface area (Å²) in [5.41, 5.74) is 17.5. The van der Waals surface area contributed by atoms with Gasteiger partial charge in [-0.05, 0) is 70.6 Å². The van der Waals surface area contributed by atoms with Crippen molar-refractivity contribution in [1.82, 2.24) is 10.9 Å². The van der Waals surface area contributed by atoms with Crippen LogP contribution in [0.3, 0.4) is 0 Å². The van der Waals surface area contributed by atoms with Gasteiger partial charge < -0.3 is 14.6 Å². The molecule has 252 valence electrons. The standard InChI is InChI=1S/C37H36Cl2N6O4/c38-30-16-13-27(33(39)24-30)19-21-41-44-36(47)37(20-6-10-26-8-2-1-3-9-26)34(32-12-5-4-11-29(32)25-42-45-40)49-35(43-37)28-14-17-31(18-15-28)48-23-7-22-46/h1-6,8-18,24,34,41,46H,7,19-23,25H2,(H,44,47)/b10-6+/t34-,37-/m0/s1. The lowest BCUT2D eigenvalue weighted by Crippen LogP contribution is -2.53. The fourth-order valence-corrected chi connectivity index (χ4v) is 5.95. The molecule has 0 unspecified atom stereocenters. The Hall–Kier alpha value is -4.83. The first-order valence-corrected chi connectivity index (χ1v) is 16.6. The number of hydrazine groups is 1. The number of halogens is 2. The Bertz CT molecular complexity index is 1830. The van der Waals surface area contributed by atoms with Crippen molar-refractivity contribution in [3.05, 3.63) is 151 Å². The predicted molar refractivity (Wildman–Crippen MR) is 192 cm³/mol. The van der Waals surface area contributed by atoms with Crippen LogP contribution in [0.4, 0.5) is 0 Å². The van der Waals surface area contributed by atoms with E-state index >= 15 is 0 Å². The molecule has 1 aliphatic heterocycles. The van der Waals surface area contributed by atoms with Gasteiger partial charge in [0.1, 0.15) is 5.75 Å². The lowest BCUT2D eigenvalue weighted by molar-refractivity contribution is -0.129. The van der Waals surface area contributed by atoms with E-state index in [1.165, 1.54) is 0 Å². The molecular weight excluding hydrogens is 663 g/mol. The van der Waals surface area contributed by atoms with Gasteiger partial charge in [-0.1, -0.05) is 101 Å². The van der Waals surface area contributed by atoms with E-state index in [0.717, 1.165) is 11.1 Å². The van der Waals surface area contributed by atoms with Gasteiger partial charge in [-0.15, -0.1) is 0 Å². The maximum atomic E-state index is 14.5. The minimum absolute atomic E-state index is 0.0395. The molecule has 0 saturated carbocycles. The number of benzene rings is 4. The molecule has 0 aromatic heterocycles. The van der Waals surface area contributed by atoms with Gasteiger partial charge in [-0.3, -0.25) is 10.2 Å². The number of hydrogen-bond donors (Lipinski definition) is 3. The summed E-state index contributed by atoms with van der Waals surface area (Å²) in [6.07, 6.45) is 4.22. The third-order valence-corrected chi connectivity index (χ3v) is 8.53. The highest BCUT2D eigenvalue weighted by molar-refractivity contribution is 6.35.